The Morgan fingerprint density at radius 3 is 2.15 bits per heavy atom. The van der Waals surface area contributed by atoms with Gasteiger partial charge in [0.1, 0.15) is 0 Å². The van der Waals surface area contributed by atoms with Crippen molar-refractivity contribution < 1.29 is 14.7 Å². The number of nitrogens with one attached hydrogen (secondary N) is 2. The lowest BCUT2D eigenvalue weighted by atomic mass is 9.82. The van der Waals surface area contributed by atoms with Gasteiger partial charge in [0, 0.05) is 32.7 Å². The first-order valence-corrected chi connectivity index (χ1v) is 7.15. The molecule has 0 spiro atoms. The molecule has 0 saturated carbocycles. The normalized spacial score (nSPS) is 17.8. The van der Waals surface area contributed by atoms with Gasteiger partial charge in [-0.1, -0.05) is 13.8 Å². The van der Waals surface area contributed by atoms with Gasteiger partial charge in [-0.25, -0.2) is 9.80 Å². The summed E-state index contributed by atoms with van der Waals surface area (Å²) in [6.07, 6.45) is 0.987. The van der Waals surface area contributed by atoms with Crippen LogP contribution in [0.15, 0.2) is 0 Å². The number of hydrogen-bond donors (Lipinski definition) is 3. The fourth-order valence-corrected chi connectivity index (χ4v) is 2.23. The maximum Gasteiger partial charge on any atom is 0.329 e. The van der Waals surface area contributed by atoms with Crippen LogP contribution in [0, 0.1) is 5.41 Å². The number of likely N-dealkylation sites (N-methyl/N-ethyl adjacent to an activating group) is 1. The molecule has 1 aliphatic rings. The van der Waals surface area contributed by atoms with Crippen LogP contribution in [0.5, 0.6) is 0 Å². The highest BCUT2D eigenvalue weighted by molar-refractivity contribution is 5.77. The van der Waals surface area contributed by atoms with Crippen LogP contribution in [0.4, 0.5) is 4.79 Å². The molecular weight excluding hydrogens is 260 g/mol. The third-order valence-electron chi connectivity index (χ3n) is 4.16. The topological polar surface area (TPSA) is 84.9 Å². The lowest BCUT2D eigenvalue weighted by Gasteiger charge is -2.33. The van der Waals surface area contributed by atoms with Crippen LogP contribution in [0.2, 0.25) is 0 Å². The van der Waals surface area contributed by atoms with Crippen molar-refractivity contribution in [3.8, 4) is 0 Å². The first kappa shape index (κ1) is 16.7. The Labute approximate surface area is 120 Å². The van der Waals surface area contributed by atoms with Crippen molar-refractivity contribution in [2.75, 3.05) is 39.8 Å². The summed E-state index contributed by atoms with van der Waals surface area (Å²) >= 11 is 0. The molecule has 2 amide bonds. The number of piperazine rings is 1. The predicted molar refractivity (Wildman–Crippen MR) is 76.3 cm³/mol. The molecule has 0 unspecified atom stereocenters. The van der Waals surface area contributed by atoms with E-state index in [4.69, 9.17) is 0 Å². The van der Waals surface area contributed by atoms with Crippen LogP contribution in [0.1, 0.15) is 26.7 Å². The molecule has 1 heterocycles. The van der Waals surface area contributed by atoms with Gasteiger partial charge in [-0.2, -0.15) is 0 Å². The van der Waals surface area contributed by atoms with E-state index in [-0.39, 0.29) is 12.6 Å². The molecule has 0 bridgehead atoms. The molecule has 0 aromatic rings. The van der Waals surface area contributed by atoms with Gasteiger partial charge < -0.3 is 15.3 Å². The predicted octanol–water partition coefficient (Wildman–Crippen LogP) is 0.339. The zero-order valence-electron chi connectivity index (χ0n) is 12.6. The number of carbonyl (C=O) groups is 2. The summed E-state index contributed by atoms with van der Waals surface area (Å²) in [5.41, 5.74) is 1.89. The third kappa shape index (κ3) is 4.35. The highest BCUT2D eigenvalue weighted by atomic mass is 16.4. The number of carboxylic acid groups (broad SMARTS) is 1. The standard InChI is InChI=1S/C13H26N4O3/c1-4-13(5-2,11(18)19)10-14-12(20)15-17-8-6-16(3)7-9-17/h4-10H2,1-3H3,(H,18,19)(H2,14,15,20). The highest BCUT2D eigenvalue weighted by Gasteiger charge is 2.35. The van der Waals surface area contributed by atoms with Crippen molar-refractivity contribution >= 4 is 12.0 Å². The molecule has 0 aliphatic carbocycles. The van der Waals surface area contributed by atoms with E-state index in [0.717, 1.165) is 26.2 Å². The average molecular weight is 286 g/mol. The summed E-state index contributed by atoms with van der Waals surface area (Å²) in [6, 6.07) is -0.331. The molecule has 1 saturated heterocycles. The number of amides is 2. The molecule has 20 heavy (non-hydrogen) atoms. The van der Waals surface area contributed by atoms with Crippen molar-refractivity contribution in [3.63, 3.8) is 0 Å². The first-order valence-electron chi connectivity index (χ1n) is 7.15. The Hall–Kier alpha value is -1.34. The molecule has 1 fully saturated rings. The zero-order valence-corrected chi connectivity index (χ0v) is 12.6. The SMILES string of the molecule is CCC(CC)(CNC(=O)NN1CCN(C)CC1)C(=O)O. The Morgan fingerprint density at radius 2 is 1.70 bits per heavy atom. The second kappa shape index (κ2) is 7.44. The minimum absolute atomic E-state index is 0.148. The van der Waals surface area contributed by atoms with E-state index in [9.17, 15) is 14.7 Å². The molecule has 0 aromatic heterocycles. The van der Waals surface area contributed by atoms with Crippen molar-refractivity contribution in [2.45, 2.75) is 26.7 Å². The van der Waals surface area contributed by atoms with Crippen LogP contribution in [-0.4, -0.2) is 66.8 Å². The van der Waals surface area contributed by atoms with E-state index in [1.165, 1.54) is 0 Å². The first-order chi connectivity index (χ1) is 9.43. The third-order valence-corrected chi connectivity index (χ3v) is 4.16. The fraction of sp³-hybridized carbons (Fsp3) is 0.846. The summed E-state index contributed by atoms with van der Waals surface area (Å²) < 4.78 is 0. The Balaban J connectivity index is 2.40. The Morgan fingerprint density at radius 1 is 1.15 bits per heavy atom. The van der Waals surface area contributed by atoms with E-state index in [2.05, 4.69) is 15.6 Å². The largest absolute Gasteiger partial charge is 0.481 e. The van der Waals surface area contributed by atoms with Crippen LogP contribution in [-0.2, 0) is 4.79 Å². The number of nitrogens with zero attached hydrogens (tertiary/aromatic N) is 2. The van der Waals surface area contributed by atoms with E-state index >= 15 is 0 Å². The van der Waals surface area contributed by atoms with Gasteiger partial charge in [0.05, 0.1) is 5.41 Å². The van der Waals surface area contributed by atoms with Gasteiger partial charge in [-0.3, -0.25) is 10.2 Å². The number of hydrogen-bond acceptors (Lipinski definition) is 4. The van der Waals surface area contributed by atoms with Crippen LogP contribution < -0.4 is 10.7 Å². The van der Waals surface area contributed by atoms with Crippen molar-refractivity contribution in [1.82, 2.24) is 20.7 Å². The van der Waals surface area contributed by atoms with E-state index < -0.39 is 11.4 Å². The van der Waals surface area contributed by atoms with Gasteiger partial charge in [-0.15, -0.1) is 0 Å². The fourth-order valence-electron chi connectivity index (χ4n) is 2.23. The van der Waals surface area contributed by atoms with Gasteiger partial charge in [0.15, 0.2) is 0 Å². The molecule has 1 aliphatic heterocycles. The highest BCUT2D eigenvalue weighted by Crippen LogP contribution is 2.25. The summed E-state index contributed by atoms with van der Waals surface area (Å²) in [4.78, 5) is 25.4. The van der Waals surface area contributed by atoms with Gasteiger partial charge >= 0.3 is 12.0 Å². The molecule has 3 N–H and O–H groups in total. The average Bonchev–Trinajstić information content (AvgIpc) is 2.43. The zero-order chi connectivity index (χ0) is 15.2. The molecule has 116 valence electrons. The Kier molecular flexibility index (Phi) is 6.22. The molecule has 1 rings (SSSR count). The summed E-state index contributed by atoms with van der Waals surface area (Å²) in [5.74, 6) is -0.859. The number of carbonyl (C=O) groups excluding carboxylic acids is 1. The minimum Gasteiger partial charge on any atom is -0.481 e. The lowest BCUT2D eigenvalue weighted by Crippen LogP contribution is -2.56. The van der Waals surface area contributed by atoms with Crippen molar-refractivity contribution in [1.29, 1.82) is 0 Å². The van der Waals surface area contributed by atoms with Crippen LogP contribution in [0.3, 0.4) is 0 Å². The number of aliphatic carboxylic acids is 1. The second-order valence-corrected chi connectivity index (χ2v) is 5.38. The summed E-state index contributed by atoms with van der Waals surface area (Å²) in [5, 5.41) is 13.8. The van der Waals surface area contributed by atoms with Gasteiger partial charge in [-0.05, 0) is 19.9 Å². The quantitative estimate of drug-likeness (QED) is 0.655. The number of carboxylic acids is 1. The van der Waals surface area contributed by atoms with Crippen LogP contribution >= 0.6 is 0 Å². The molecule has 0 atom stereocenters. The van der Waals surface area contributed by atoms with Gasteiger partial charge in [0.2, 0.25) is 0 Å². The molecule has 0 aromatic carbocycles. The molecule has 7 nitrogen and oxygen atoms in total. The van der Waals surface area contributed by atoms with Crippen molar-refractivity contribution in [2.24, 2.45) is 5.41 Å². The second-order valence-electron chi connectivity index (χ2n) is 5.38. The smallest absolute Gasteiger partial charge is 0.329 e. The lowest BCUT2D eigenvalue weighted by molar-refractivity contribution is -0.149. The molecular formula is C13H26N4O3. The van der Waals surface area contributed by atoms with E-state index in [1.54, 1.807) is 0 Å². The Bertz CT molecular complexity index is 337. The number of rotatable bonds is 6. The van der Waals surface area contributed by atoms with Crippen molar-refractivity contribution in [3.05, 3.63) is 0 Å². The van der Waals surface area contributed by atoms with Gasteiger partial charge in [0.25, 0.3) is 0 Å². The molecule has 0 radical (unpaired) electrons. The number of urea groups is 1. The maximum atomic E-state index is 11.8. The van der Waals surface area contributed by atoms with E-state index in [1.807, 2.05) is 25.9 Å². The number of hydrazine groups is 1. The summed E-state index contributed by atoms with van der Waals surface area (Å²) in [7, 11) is 2.04. The monoisotopic (exact) mass is 286 g/mol. The molecule has 7 heteroatoms. The summed E-state index contributed by atoms with van der Waals surface area (Å²) in [6.45, 7) is 7.17. The maximum absolute atomic E-state index is 11.8. The van der Waals surface area contributed by atoms with Crippen LogP contribution in [0.25, 0.3) is 0 Å². The van der Waals surface area contributed by atoms with E-state index in [0.29, 0.717) is 12.8 Å². The minimum atomic E-state index is -0.876.